The number of nitrogens with one attached hydrogen (secondary N) is 2. The second-order valence-electron chi connectivity index (χ2n) is 3.58. The van der Waals surface area contributed by atoms with E-state index in [1.54, 1.807) is 25.2 Å². The van der Waals surface area contributed by atoms with Crippen molar-refractivity contribution < 1.29 is 4.79 Å². The number of halogens is 2. The lowest BCUT2D eigenvalue weighted by atomic mass is 10.2. The zero-order valence-corrected chi connectivity index (χ0v) is 10.7. The molecule has 1 aromatic carbocycles. The number of carbonyl (C=O) groups is 1. The van der Waals surface area contributed by atoms with Crippen LogP contribution in [0.2, 0.25) is 10.0 Å². The fourth-order valence-electron chi connectivity index (χ4n) is 1.35. The summed E-state index contributed by atoms with van der Waals surface area (Å²) in [5.74, 6) is -0.00637. The minimum atomic E-state index is -0.00637. The summed E-state index contributed by atoms with van der Waals surface area (Å²) in [7, 11) is 1.62. The zero-order valence-electron chi connectivity index (χ0n) is 9.18. The van der Waals surface area contributed by atoms with Crippen LogP contribution in [-0.4, -0.2) is 19.0 Å². The van der Waals surface area contributed by atoms with Gasteiger partial charge in [-0.2, -0.15) is 0 Å². The van der Waals surface area contributed by atoms with E-state index in [2.05, 4.69) is 10.6 Å². The Kier molecular flexibility index (Phi) is 4.90. The van der Waals surface area contributed by atoms with Crippen LogP contribution in [0.4, 0.5) is 5.69 Å². The van der Waals surface area contributed by atoms with Gasteiger partial charge in [0.1, 0.15) is 0 Å². The molecule has 3 nitrogen and oxygen atoms in total. The topological polar surface area (TPSA) is 41.1 Å². The summed E-state index contributed by atoms with van der Waals surface area (Å²) in [5, 5.41) is 6.88. The van der Waals surface area contributed by atoms with Crippen LogP contribution >= 0.6 is 23.2 Å². The van der Waals surface area contributed by atoms with Gasteiger partial charge in [0.05, 0.1) is 0 Å². The third kappa shape index (κ3) is 4.29. The quantitative estimate of drug-likeness (QED) is 0.874. The summed E-state index contributed by atoms with van der Waals surface area (Å²) in [6.07, 6.45) is 0.403. The van der Waals surface area contributed by atoms with Crippen LogP contribution in [0, 0.1) is 0 Å². The number of amides is 1. The van der Waals surface area contributed by atoms with E-state index in [9.17, 15) is 4.79 Å². The van der Waals surface area contributed by atoms with Crippen molar-refractivity contribution in [3.63, 3.8) is 0 Å². The lowest BCUT2D eigenvalue weighted by Gasteiger charge is -2.14. The summed E-state index contributed by atoms with van der Waals surface area (Å²) in [6.45, 7) is 1.92. The average molecular weight is 261 g/mol. The van der Waals surface area contributed by atoms with Crippen molar-refractivity contribution in [3.05, 3.63) is 28.2 Å². The summed E-state index contributed by atoms with van der Waals surface area (Å²) >= 11 is 11.7. The number of carbonyl (C=O) groups excluding carboxylic acids is 1. The number of anilines is 1. The van der Waals surface area contributed by atoms with Gasteiger partial charge in [-0.3, -0.25) is 4.79 Å². The number of hydrogen-bond acceptors (Lipinski definition) is 2. The van der Waals surface area contributed by atoms with E-state index in [-0.39, 0.29) is 11.9 Å². The van der Waals surface area contributed by atoms with Gasteiger partial charge in [-0.1, -0.05) is 23.2 Å². The number of benzene rings is 1. The molecule has 0 radical (unpaired) electrons. The summed E-state index contributed by atoms with van der Waals surface area (Å²) in [6, 6.07) is 5.23. The largest absolute Gasteiger partial charge is 0.382 e. The van der Waals surface area contributed by atoms with Crippen molar-refractivity contribution in [3.8, 4) is 0 Å². The van der Waals surface area contributed by atoms with Crippen molar-refractivity contribution in [1.29, 1.82) is 0 Å². The fraction of sp³-hybridized carbons (Fsp3) is 0.364. The predicted octanol–water partition coefficient (Wildman–Crippen LogP) is 2.93. The fourth-order valence-corrected chi connectivity index (χ4v) is 1.88. The Balaban J connectivity index is 2.62. The maximum atomic E-state index is 11.1. The first kappa shape index (κ1) is 13.1. The highest BCUT2D eigenvalue weighted by molar-refractivity contribution is 6.35. The summed E-state index contributed by atoms with van der Waals surface area (Å²) in [4.78, 5) is 11.1. The average Bonchev–Trinajstić information content (AvgIpc) is 2.15. The molecule has 16 heavy (non-hydrogen) atoms. The summed E-state index contributed by atoms with van der Waals surface area (Å²) in [5.41, 5.74) is 0.814. The molecule has 0 aliphatic carbocycles. The van der Waals surface area contributed by atoms with Crippen LogP contribution in [0.5, 0.6) is 0 Å². The molecule has 1 rings (SSSR count). The minimum absolute atomic E-state index is 0.00637. The Morgan fingerprint density at radius 2 is 1.88 bits per heavy atom. The molecule has 1 amide bonds. The van der Waals surface area contributed by atoms with E-state index in [1.165, 1.54) is 0 Å². The molecule has 1 aromatic rings. The van der Waals surface area contributed by atoms with Gasteiger partial charge in [-0.25, -0.2) is 0 Å². The molecule has 0 bridgehead atoms. The predicted molar refractivity (Wildman–Crippen MR) is 68.2 cm³/mol. The lowest BCUT2D eigenvalue weighted by Crippen LogP contribution is -2.26. The van der Waals surface area contributed by atoms with E-state index < -0.39 is 0 Å². The highest BCUT2D eigenvalue weighted by Crippen LogP contribution is 2.23. The molecule has 1 atom stereocenters. The van der Waals surface area contributed by atoms with Crippen LogP contribution in [0.3, 0.4) is 0 Å². The van der Waals surface area contributed by atoms with E-state index >= 15 is 0 Å². The van der Waals surface area contributed by atoms with Gasteiger partial charge in [0.25, 0.3) is 0 Å². The Hall–Kier alpha value is -0.930. The molecular formula is C11H14Cl2N2O. The molecule has 0 aromatic heterocycles. The van der Waals surface area contributed by atoms with Gasteiger partial charge in [0.2, 0.25) is 5.91 Å². The van der Waals surface area contributed by atoms with Gasteiger partial charge in [0.15, 0.2) is 0 Å². The molecule has 5 heteroatoms. The maximum Gasteiger partial charge on any atom is 0.221 e. The number of rotatable bonds is 4. The first-order valence-corrected chi connectivity index (χ1v) is 5.70. The van der Waals surface area contributed by atoms with Gasteiger partial charge in [0, 0.05) is 35.2 Å². The van der Waals surface area contributed by atoms with Crippen LogP contribution in [0.15, 0.2) is 18.2 Å². The molecule has 0 aliphatic rings. The third-order valence-corrected chi connectivity index (χ3v) is 2.48. The Morgan fingerprint density at radius 1 is 1.31 bits per heavy atom. The third-order valence-electron chi connectivity index (χ3n) is 2.05. The summed E-state index contributed by atoms with van der Waals surface area (Å²) < 4.78 is 0. The Bertz CT molecular complexity index is 362. The van der Waals surface area contributed by atoms with Gasteiger partial charge >= 0.3 is 0 Å². The van der Waals surface area contributed by atoms with Crippen LogP contribution in [-0.2, 0) is 4.79 Å². The van der Waals surface area contributed by atoms with Crippen LogP contribution in [0.1, 0.15) is 13.3 Å². The molecule has 0 aliphatic heterocycles. The zero-order chi connectivity index (χ0) is 12.1. The maximum absolute atomic E-state index is 11.1. The van der Waals surface area contributed by atoms with Gasteiger partial charge in [-0.05, 0) is 25.1 Å². The molecule has 2 N–H and O–H groups in total. The monoisotopic (exact) mass is 260 g/mol. The van der Waals surface area contributed by atoms with Crippen molar-refractivity contribution in [1.82, 2.24) is 5.32 Å². The first-order valence-electron chi connectivity index (χ1n) is 4.94. The highest BCUT2D eigenvalue weighted by atomic mass is 35.5. The molecule has 0 spiro atoms. The molecular weight excluding hydrogens is 247 g/mol. The van der Waals surface area contributed by atoms with Crippen molar-refractivity contribution >= 4 is 34.8 Å². The van der Waals surface area contributed by atoms with Crippen molar-refractivity contribution in [2.24, 2.45) is 0 Å². The molecule has 0 saturated heterocycles. The highest BCUT2D eigenvalue weighted by Gasteiger charge is 2.07. The molecule has 1 unspecified atom stereocenters. The van der Waals surface area contributed by atoms with E-state index in [0.29, 0.717) is 16.5 Å². The van der Waals surface area contributed by atoms with Crippen LogP contribution < -0.4 is 10.6 Å². The van der Waals surface area contributed by atoms with Gasteiger partial charge < -0.3 is 10.6 Å². The van der Waals surface area contributed by atoms with Crippen LogP contribution in [0.25, 0.3) is 0 Å². The standard InChI is InChI=1S/C11H14Cl2N2O/c1-7(3-11(16)14-2)15-10-5-8(12)4-9(13)6-10/h4-7,15H,3H2,1-2H3,(H,14,16). The molecule has 0 heterocycles. The first-order chi connectivity index (χ1) is 7.51. The van der Waals surface area contributed by atoms with Crippen molar-refractivity contribution in [2.75, 3.05) is 12.4 Å². The Labute approximate surface area is 105 Å². The second kappa shape index (κ2) is 5.97. The second-order valence-corrected chi connectivity index (χ2v) is 4.45. The number of hydrogen-bond donors (Lipinski definition) is 2. The SMILES string of the molecule is CNC(=O)CC(C)Nc1cc(Cl)cc(Cl)c1. The molecule has 88 valence electrons. The van der Waals surface area contributed by atoms with E-state index in [4.69, 9.17) is 23.2 Å². The lowest BCUT2D eigenvalue weighted by molar-refractivity contribution is -0.120. The van der Waals surface area contributed by atoms with Crippen molar-refractivity contribution in [2.45, 2.75) is 19.4 Å². The van der Waals surface area contributed by atoms with E-state index in [0.717, 1.165) is 5.69 Å². The molecule has 0 fully saturated rings. The minimum Gasteiger partial charge on any atom is -0.382 e. The Morgan fingerprint density at radius 3 is 2.38 bits per heavy atom. The molecule has 0 saturated carbocycles. The van der Waals surface area contributed by atoms with E-state index in [1.807, 2.05) is 6.92 Å². The normalized spacial score (nSPS) is 12.0. The van der Waals surface area contributed by atoms with Gasteiger partial charge in [-0.15, -0.1) is 0 Å². The smallest absolute Gasteiger partial charge is 0.221 e.